The molecule has 1 N–H and O–H groups in total. The molecule has 6 fully saturated rings. The van der Waals surface area contributed by atoms with E-state index >= 15 is 0 Å². The van der Waals surface area contributed by atoms with Crippen LogP contribution < -0.4 is 0 Å². The first-order valence-electron chi connectivity index (χ1n) is 19.4. The molecule has 250 valence electrons. The second kappa shape index (κ2) is 15.6. The van der Waals surface area contributed by atoms with Gasteiger partial charge in [0.25, 0.3) is 0 Å². The lowest BCUT2D eigenvalue weighted by Gasteiger charge is -2.61. The van der Waals surface area contributed by atoms with E-state index in [4.69, 9.17) is 4.74 Å². The van der Waals surface area contributed by atoms with Gasteiger partial charge >= 0.3 is 0 Å². The molecule has 0 aromatic rings. The molecule has 43 heavy (non-hydrogen) atoms. The molecule has 4 aliphatic carbocycles. The molecule has 0 amide bonds. The maximum absolute atomic E-state index is 10.3. The topological polar surface area (TPSA) is 35.9 Å². The van der Waals surface area contributed by atoms with Crippen LogP contribution in [0.3, 0.4) is 0 Å². The standard InChI is InChI=1S/C27H48O.C12H24N2O/c1-18(2)7-6-8-19(3)23-11-12-24-22-10-9-20-17-21(28)13-15-26(20,4)25(22)14-16-27(23,24)5;1-3-7-13(8-4-1)11-15-12-14-9-5-2-6-10-14/h18-25,28H,6-17H2,1-5H3;1-12H2/t19-,20?,21?,22+,23-,24+,25+,26+,27-;/m1./s1. The summed E-state index contributed by atoms with van der Waals surface area (Å²) >= 11 is 0. The molecule has 0 radical (unpaired) electrons. The molecule has 9 atom stereocenters. The number of piperidine rings is 2. The van der Waals surface area contributed by atoms with Gasteiger partial charge in [0.15, 0.2) is 0 Å². The molecule has 4 saturated carbocycles. The minimum atomic E-state index is -0.00830. The van der Waals surface area contributed by atoms with E-state index in [9.17, 15) is 5.11 Å². The van der Waals surface area contributed by atoms with Crippen molar-refractivity contribution in [2.24, 2.45) is 52.3 Å². The molecule has 6 rings (SSSR count). The highest BCUT2D eigenvalue weighted by Gasteiger charge is 2.60. The highest BCUT2D eigenvalue weighted by Crippen LogP contribution is 2.68. The van der Waals surface area contributed by atoms with Gasteiger partial charge in [-0.2, -0.15) is 0 Å². The summed E-state index contributed by atoms with van der Waals surface area (Å²) in [7, 11) is 0. The lowest BCUT2D eigenvalue weighted by atomic mass is 9.44. The van der Waals surface area contributed by atoms with Gasteiger partial charge in [-0.05, 0) is 136 Å². The van der Waals surface area contributed by atoms with Crippen molar-refractivity contribution in [3.05, 3.63) is 0 Å². The minimum absolute atomic E-state index is 0.00830. The number of aliphatic hydroxyl groups is 1. The number of hydrogen-bond donors (Lipinski definition) is 1. The Morgan fingerprint density at radius 3 is 1.93 bits per heavy atom. The Bertz CT molecular complexity index is 804. The van der Waals surface area contributed by atoms with Gasteiger partial charge < -0.3 is 9.84 Å². The third kappa shape index (κ3) is 8.23. The molecular weight excluding hydrogens is 528 g/mol. The van der Waals surface area contributed by atoms with Gasteiger partial charge in [0.2, 0.25) is 0 Å². The first kappa shape index (κ1) is 34.2. The molecule has 2 saturated heterocycles. The summed E-state index contributed by atoms with van der Waals surface area (Å²) in [6.07, 6.45) is 24.8. The number of aliphatic hydroxyl groups excluding tert-OH is 1. The molecule has 0 aromatic carbocycles. The van der Waals surface area contributed by atoms with E-state index in [1.165, 1.54) is 129 Å². The number of nitrogens with zero attached hydrogens (tertiary/aromatic N) is 2. The lowest BCUT2D eigenvalue weighted by molar-refractivity contribution is -0.129. The monoisotopic (exact) mass is 601 g/mol. The Kier molecular flexibility index (Phi) is 12.4. The summed E-state index contributed by atoms with van der Waals surface area (Å²) in [5, 5.41) is 10.3. The van der Waals surface area contributed by atoms with Gasteiger partial charge in [0.05, 0.1) is 6.10 Å². The van der Waals surface area contributed by atoms with Crippen LogP contribution in [0.1, 0.15) is 150 Å². The maximum Gasteiger partial charge on any atom is 0.101 e. The van der Waals surface area contributed by atoms with Gasteiger partial charge in [-0.15, -0.1) is 0 Å². The number of likely N-dealkylation sites (tertiary alicyclic amines) is 2. The quantitative estimate of drug-likeness (QED) is 0.286. The first-order chi connectivity index (χ1) is 20.7. The highest BCUT2D eigenvalue weighted by molar-refractivity contribution is 5.09. The second-order valence-electron chi connectivity index (χ2n) is 17.4. The van der Waals surface area contributed by atoms with E-state index in [2.05, 4.69) is 44.4 Å². The largest absolute Gasteiger partial charge is 0.393 e. The summed E-state index contributed by atoms with van der Waals surface area (Å²) in [5.41, 5.74) is 1.15. The van der Waals surface area contributed by atoms with Crippen LogP contribution in [0.25, 0.3) is 0 Å². The van der Waals surface area contributed by atoms with Gasteiger partial charge in [0, 0.05) is 26.2 Å². The summed E-state index contributed by atoms with van der Waals surface area (Å²) in [6, 6.07) is 0. The van der Waals surface area contributed by atoms with E-state index < -0.39 is 0 Å². The Labute approximate surface area is 267 Å². The van der Waals surface area contributed by atoms with Gasteiger partial charge in [-0.25, -0.2) is 0 Å². The van der Waals surface area contributed by atoms with Crippen molar-refractivity contribution < 1.29 is 9.84 Å². The van der Waals surface area contributed by atoms with Gasteiger partial charge in [-0.3, -0.25) is 9.80 Å². The minimum Gasteiger partial charge on any atom is -0.393 e. The Hall–Kier alpha value is -0.160. The van der Waals surface area contributed by atoms with Crippen LogP contribution >= 0.6 is 0 Å². The average Bonchev–Trinajstić information content (AvgIpc) is 3.36. The van der Waals surface area contributed by atoms with E-state index in [-0.39, 0.29) is 6.10 Å². The number of fused-ring (bicyclic) bond motifs is 5. The van der Waals surface area contributed by atoms with Crippen LogP contribution in [0.15, 0.2) is 0 Å². The SMILES string of the molecule is C1CCN(COCN2CCCCC2)CC1.CC(C)CCC[C@@H](C)[C@H]1CC[C@H]2[C@@H]3CCC4CC(O)CC[C@]4(C)[C@H]3CC[C@]12C. The predicted molar refractivity (Wildman–Crippen MR) is 181 cm³/mol. The van der Waals surface area contributed by atoms with Crippen molar-refractivity contribution in [3.63, 3.8) is 0 Å². The lowest BCUT2D eigenvalue weighted by Crippen LogP contribution is -2.54. The molecule has 0 aromatic heterocycles. The summed E-state index contributed by atoms with van der Waals surface area (Å²) < 4.78 is 5.76. The number of hydrogen-bond acceptors (Lipinski definition) is 4. The molecular formula is C39H72N2O2. The molecule has 0 bridgehead atoms. The fraction of sp³-hybridized carbons (Fsp3) is 1.00. The van der Waals surface area contributed by atoms with Crippen molar-refractivity contribution in [1.29, 1.82) is 0 Å². The molecule has 0 spiro atoms. The average molecular weight is 601 g/mol. The smallest absolute Gasteiger partial charge is 0.101 e. The highest BCUT2D eigenvalue weighted by atomic mass is 16.5. The molecule has 6 aliphatic rings. The molecule has 2 unspecified atom stereocenters. The van der Waals surface area contributed by atoms with Crippen molar-refractivity contribution in [2.45, 2.75) is 156 Å². The van der Waals surface area contributed by atoms with Gasteiger partial charge in [0.1, 0.15) is 13.5 Å². The second-order valence-corrected chi connectivity index (χ2v) is 17.4. The van der Waals surface area contributed by atoms with E-state index in [1.807, 2.05) is 0 Å². The third-order valence-corrected chi connectivity index (χ3v) is 14.3. The number of ether oxygens (including phenoxy) is 1. The Balaban J connectivity index is 0.000000207. The van der Waals surface area contributed by atoms with Gasteiger partial charge in [-0.1, -0.05) is 66.7 Å². The van der Waals surface area contributed by atoms with Crippen molar-refractivity contribution in [1.82, 2.24) is 9.80 Å². The van der Waals surface area contributed by atoms with Crippen LogP contribution in [-0.2, 0) is 4.74 Å². The molecule has 4 nitrogen and oxygen atoms in total. The van der Waals surface area contributed by atoms with E-state index in [1.54, 1.807) is 0 Å². The summed E-state index contributed by atoms with van der Waals surface area (Å²) in [4.78, 5) is 4.88. The summed E-state index contributed by atoms with van der Waals surface area (Å²) in [6.45, 7) is 19.3. The van der Waals surface area contributed by atoms with Crippen molar-refractivity contribution in [2.75, 3.05) is 39.6 Å². The molecule has 4 heteroatoms. The van der Waals surface area contributed by atoms with Crippen molar-refractivity contribution >= 4 is 0 Å². The van der Waals surface area contributed by atoms with E-state index in [0.29, 0.717) is 10.8 Å². The maximum atomic E-state index is 10.3. The first-order valence-corrected chi connectivity index (χ1v) is 19.4. The fourth-order valence-corrected chi connectivity index (χ4v) is 11.7. The zero-order chi connectivity index (χ0) is 30.5. The fourth-order valence-electron chi connectivity index (χ4n) is 11.7. The normalized spacial score (nSPS) is 41.1. The van der Waals surface area contributed by atoms with Crippen LogP contribution in [0.5, 0.6) is 0 Å². The van der Waals surface area contributed by atoms with Crippen LogP contribution in [0, 0.1) is 52.3 Å². The predicted octanol–water partition coefficient (Wildman–Crippen LogP) is 9.36. The van der Waals surface area contributed by atoms with Crippen LogP contribution in [-0.4, -0.2) is 60.7 Å². The molecule has 2 heterocycles. The number of rotatable bonds is 9. The third-order valence-electron chi connectivity index (χ3n) is 14.3. The van der Waals surface area contributed by atoms with Crippen molar-refractivity contribution in [3.8, 4) is 0 Å². The Morgan fingerprint density at radius 2 is 1.30 bits per heavy atom. The van der Waals surface area contributed by atoms with Crippen LogP contribution in [0.2, 0.25) is 0 Å². The Morgan fingerprint density at radius 1 is 0.698 bits per heavy atom. The molecule has 2 aliphatic heterocycles. The van der Waals surface area contributed by atoms with Crippen LogP contribution in [0.4, 0.5) is 0 Å². The zero-order valence-electron chi connectivity index (χ0n) is 29.3. The summed E-state index contributed by atoms with van der Waals surface area (Å²) in [5.74, 6) is 6.49. The zero-order valence-corrected chi connectivity index (χ0v) is 29.3. The van der Waals surface area contributed by atoms with E-state index in [0.717, 1.165) is 67.7 Å².